The van der Waals surface area contributed by atoms with Gasteiger partial charge in [0, 0.05) is 29.8 Å². The zero-order valence-electron chi connectivity index (χ0n) is 13.9. The van der Waals surface area contributed by atoms with Crippen LogP contribution in [0, 0.1) is 5.82 Å². The molecule has 130 valence electrons. The van der Waals surface area contributed by atoms with Crippen molar-refractivity contribution in [3.05, 3.63) is 89.6 Å². The summed E-state index contributed by atoms with van der Waals surface area (Å²) in [7, 11) is 0. The van der Waals surface area contributed by atoms with Gasteiger partial charge < -0.3 is 10.3 Å². The Morgan fingerprint density at radius 3 is 2.77 bits per heavy atom. The number of hydrogen-bond donors (Lipinski definition) is 2. The van der Waals surface area contributed by atoms with Gasteiger partial charge in [-0.2, -0.15) is 5.10 Å². The van der Waals surface area contributed by atoms with E-state index in [1.165, 1.54) is 12.1 Å². The molecule has 0 saturated heterocycles. The number of rotatable bonds is 5. The van der Waals surface area contributed by atoms with Gasteiger partial charge in [0.2, 0.25) is 0 Å². The Morgan fingerprint density at radius 1 is 1.12 bits per heavy atom. The molecule has 0 atom stereocenters. The van der Waals surface area contributed by atoms with Crippen molar-refractivity contribution in [1.29, 1.82) is 0 Å². The predicted octanol–water partition coefficient (Wildman–Crippen LogP) is 3.48. The zero-order valence-corrected chi connectivity index (χ0v) is 13.9. The highest BCUT2D eigenvalue weighted by Crippen LogP contribution is 2.17. The number of H-pyrrole nitrogens is 1. The molecule has 4 rings (SSSR count). The van der Waals surface area contributed by atoms with Crippen molar-refractivity contribution in [2.24, 2.45) is 0 Å². The van der Waals surface area contributed by atoms with Gasteiger partial charge in [-0.1, -0.05) is 24.3 Å². The number of nitrogens with one attached hydrogen (secondary N) is 2. The fraction of sp³-hybridized carbons (Fsp3) is 0.100. The molecule has 0 unspecified atom stereocenters. The third-order valence-electron chi connectivity index (χ3n) is 4.28. The first-order valence-corrected chi connectivity index (χ1v) is 8.30. The average molecular weight is 348 g/mol. The summed E-state index contributed by atoms with van der Waals surface area (Å²) in [6.45, 7) is 1.05. The minimum absolute atomic E-state index is 0.226. The maximum absolute atomic E-state index is 13.3. The highest BCUT2D eigenvalue weighted by Gasteiger charge is 2.11. The molecule has 0 bridgehead atoms. The van der Waals surface area contributed by atoms with E-state index in [1.54, 1.807) is 18.3 Å². The van der Waals surface area contributed by atoms with Crippen molar-refractivity contribution in [3.8, 4) is 0 Å². The Bertz CT molecular complexity index is 1050. The molecule has 0 saturated carbocycles. The van der Waals surface area contributed by atoms with Crippen LogP contribution < -0.4 is 5.32 Å². The van der Waals surface area contributed by atoms with Crippen LogP contribution in [0.15, 0.2) is 67.0 Å². The van der Waals surface area contributed by atoms with Gasteiger partial charge >= 0.3 is 0 Å². The third kappa shape index (κ3) is 3.35. The summed E-state index contributed by atoms with van der Waals surface area (Å²) in [5.74, 6) is -0.550. The molecule has 0 fully saturated rings. The number of carbonyl (C=O) groups excluding carboxylic acids is 1. The number of hydrogen-bond acceptors (Lipinski definition) is 2. The van der Waals surface area contributed by atoms with Crippen LogP contribution in [0.25, 0.3) is 10.9 Å². The number of halogens is 1. The Kier molecular flexibility index (Phi) is 4.23. The summed E-state index contributed by atoms with van der Waals surface area (Å²) < 4.78 is 15.1. The van der Waals surface area contributed by atoms with Gasteiger partial charge in [0.05, 0.1) is 6.54 Å². The summed E-state index contributed by atoms with van der Waals surface area (Å²) in [6.07, 6.45) is 3.64. The molecule has 0 aliphatic carbocycles. The largest absolute Gasteiger partial charge is 0.351 e. The molecule has 6 heteroatoms. The lowest BCUT2D eigenvalue weighted by molar-refractivity contribution is 0.0946. The third-order valence-corrected chi connectivity index (χ3v) is 4.28. The lowest BCUT2D eigenvalue weighted by Crippen LogP contribution is -2.24. The summed E-state index contributed by atoms with van der Waals surface area (Å²) in [6, 6.07) is 15.9. The smallest absolute Gasteiger partial charge is 0.267 e. The molecule has 0 spiro atoms. The van der Waals surface area contributed by atoms with Crippen LogP contribution in [0.3, 0.4) is 0 Å². The monoisotopic (exact) mass is 348 g/mol. The molecule has 0 aliphatic heterocycles. The first-order valence-electron chi connectivity index (χ1n) is 8.30. The van der Waals surface area contributed by atoms with Crippen molar-refractivity contribution in [2.75, 3.05) is 0 Å². The van der Waals surface area contributed by atoms with Crippen LogP contribution in [-0.4, -0.2) is 20.7 Å². The molecule has 0 aliphatic rings. The van der Waals surface area contributed by atoms with Gasteiger partial charge in [-0.05, 0) is 41.5 Å². The number of aromatic nitrogens is 3. The maximum atomic E-state index is 13.3. The summed E-state index contributed by atoms with van der Waals surface area (Å²) in [5, 5.41) is 7.81. The number of benzene rings is 2. The van der Waals surface area contributed by atoms with E-state index in [1.807, 2.05) is 41.2 Å². The molecule has 0 radical (unpaired) electrons. The van der Waals surface area contributed by atoms with Crippen molar-refractivity contribution < 1.29 is 9.18 Å². The van der Waals surface area contributed by atoms with Crippen molar-refractivity contribution in [2.45, 2.75) is 13.1 Å². The van der Waals surface area contributed by atoms with E-state index in [0.717, 1.165) is 16.6 Å². The van der Waals surface area contributed by atoms with Crippen LogP contribution in [0.4, 0.5) is 4.39 Å². The van der Waals surface area contributed by atoms with Gasteiger partial charge in [-0.15, -0.1) is 0 Å². The lowest BCUT2D eigenvalue weighted by Gasteiger charge is -2.10. The molecule has 26 heavy (non-hydrogen) atoms. The molecule has 1 amide bonds. The first kappa shape index (κ1) is 16.1. The molecular weight excluding hydrogens is 331 g/mol. The summed E-state index contributed by atoms with van der Waals surface area (Å²) >= 11 is 0. The highest BCUT2D eigenvalue weighted by atomic mass is 19.1. The molecule has 2 heterocycles. The second-order valence-electron chi connectivity index (χ2n) is 6.07. The normalized spacial score (nSPS) is 11.0. The van der Waals surface area contributed by atoms with E-state index >= 15 is 0 Å². The van der Waals surface area contributed by atoms with E-state index in [4.69, 9.17) is 0 Å². The average Bonchev–Trinajstić information content (AvgIpc) is 3.30. The minimum atomic E-state index is -0.323. The number of fused-ring (bicyclic) bond motifs is 1. The van der Waals surface area contributed by atoms with Crippen molar-refractivity contribution in [3.63, 3.8) is 0 Å². The van der Waals surface area contributed by atoms with Gasteiger partial charge in [0.25, 0.3) is 5.91 Å². The summed E-state index contributed by atoms with van der Waals surface area (Å²) in [5.41, 5.74) is 3.26. The van der Waals surface area contributed by atoms with Crippen LogP contribution in [-0.2, 0) is 13.1 Å². The van der Waals surface area contributed by atoms with E-state index < -0.39 is 0 Å². The standard InChI is InChI=1S/C20H17FN4O/c21-17-6-7-18-16(10-17)11-19(24-18)20(26)22-12-14-4-1-2-5-15(14)13-25-9-3-8-23-25/h1-11,24H,12-13H2,(H,22,26). The van der Waals surface area contributed by atoms with E-state index in [0.29, 0.717) is 24.2 Å². The zero-order chi connectivity index (χ0) is 17.9. The number of carbonyl (C=O) groups is 1. The SMILES string of the molecule is O=C(NCc1ccccc1Cn1cccn1)c1cc2cc(F)ccc2[nH]1. The lowest BCUT2D eigenvalue weighted by atomic mass is 10.1. The van der Waals surface area contributed by atoms with Gasteiger partial charge in [-0.25, -0.2) is 4.39 Å². The molecule has 4 aromatic rings. The highest BCUT2D eigenvalue weighted by molar-refractivity contribution is 5.97. The molecule has 5 nitrogen and oxygen atoms in total. The van der Waals surface area contributed by atoms with Crippen LogP contribution in [0.2, 0.25) is 0 Å². The Labute approximate surface area is 149 Å². The summed E-state index contributed by atoms with van der Waals surface area (Å²) in [4.78, 5) is 15.5. The maximum Gasteiger partial charge on any atom is 0.267 e. The van der Waals surface area contributed by atoms with E-state index in [9.17, 15) is 9.18 Å². The Morgan fingerprint density at radius 2 is 1.96 bits per heavy atom. The number of aromatic amines is 1. The number of amides is 1. The van der Waals surface area contributed by atoms with Gasteiger partial charge in [0.1, 0.15) is 11.5 Å². The Balaban J connectivity index is 1.48. The Hall–Kier alpha value is -3.41. The topological polar surface area (TPSA) is 62.7 Å². The quantitative estimate of drug-likeness (QED) is 0.580. The van der Waals surface area contributed by atoms with Crippen LogP contribution in [0.5, 0.6) is 0 Å². The second-order valence-corrected chi connectivity index (χ2v) is 6.07. The first-order chi connectivity index (χ1) is 12.7. The molecule has 2 N–H and O–H groups in total. The minimum Gasteiger partial charge on any atom is -0.351 e. The van der Waals surface area contributed by atoms with Crippen molar-refractivity contribution in [1.82, 2.24) is 20.1 Å². The fourth-order valence-electron chi connectivity index (χ4n) is 2.95. The second kappa shape index (κ2) is 6.84. The van der Waals surface area contributed by atoms with Gasteiger partial charge in [0.15, 0.2) is 0 Å². The van der Waals surface area contributed by atoms with Gasteiger partial charge in [-0.3, -0.25) is 9.48 Å². The molecule has 2 aromatic heterocycles. The van der Waals surface area contributed by atoms with Crippen LogP contribution in [0.1, 0.15) is 21.6 Å². The molecular formula is C20H17FN4O. The predicted molar refractivity (Wildman–Crippen MR) is 97.2 cm³/mol. The van der Waals surface area contributed by atoms with Crippen molar-refractivity contribution >= 4 is 16.8 Å². The fourth-order valence-corrected chi connectivity index (χ4v) is 2.95. The number of nitrogens with zero attached hydrogens (tertiary/aromatic N) is 2. The van der Waals surface area contributed by atoms with Crippen LogP contribution >= 0.6 is 0 Å². The van der Waals surface area contributed by atoms with E-state index in [-0.39, 0.29) is 11.7 Å². The molecule has 2 aromatic carbocycles. The van der Waals surface area contributed by atoms with E-state index in [2.05, 4.69) is 15.4 Å².